The average Bonchev–Trinajstić information content (AvgIpc) is 3.15. The maximum absolute atomic E-state index is 12.2. The number of ether oxygens (including phenoxy) is 1. The number of hydrogen-bond acceptors (Lipinski definition) is 8. The number of benzene rings is 2. The standard InChI is InChI=1S/C17H15N5O4S/c1-26-14-9-5-4-8-13(14)22-17(19-20-21-22)27-10-15(23)18-12-7-3-2-6-11(12)16(24)25/h2-9H,10H2,1H3,(H,18,23)(H,24,25)/p-1. The molecule has 1 aromatic heterocycles. The van der Waals surface area contributed by atoms with E-state index in [0.717, 1.165) is 11.8 Å². The molecule has 0 atom stereocenters. The molecule has 10 heteroatoms. The number of tetrazole rings is 1. The van der Waals surface area contributed by atoms with Crippen molar-refractivity contribution in [2.24, 2.45) is 0 Å². The van der Waals surface area contributed by atoms with E-state index in [2.05, 4.69) is 20.8 Å². The third-order valence-electron chi connectivity index (χ3n) is 3.51. The zero-order valence-electron chi connectivity index (χ0n) is 14.2. The molecule has 1 amide bonds. The zero-order chi connectivity index (χ0) is 19.2. The van der Waals surface area contributed by atoms with E-state index in [9.17, 15) is 14.7 Å². The molecule has 138 valence electrons. The van der Waals surface area contributed by atoms with Crippen LogP contribution >= 0.6 is 11.8 Å². The molecule has 1 heterocycles. The summed E-state index contributed by atoms with van der Waals surface area (Å²) >= 11 is 1.11. The van der Waals surface area contributed by atoms with Gasteiger partial charge in [0.1, 0.15) is 11.4 Å². The second-order valence-corrected chi connectivity index (χ2v) is 6.16. The predicted octanol–water partition coefficient (Wildman–Crippen LogP) is 0.765. The number of nitrogens with zero attached hydrogens (tertiary/aromatic N) is 4. The van der Waals surface area contributed by atoms with Crippen molar-refractivity contribution >= 4 is 29.3 Å². The predicted molar refractivity (Wildman–Crippen MR) is 95.8 cm³/mol. The van der Waals surface area contributed by atoms with Gasteiger partial charge in [0.2, 0.25) is 11.1 Å². The van der Waals surface area contributed by atoms with Gasteiger partial charge >= 0.3 is 0 Å². The fourth-order valence-electron chi connectivity index (χ4n) is 2.31. The molecule has 0 radical (unpaired) electrons. The van der Waals surface area contributed by atoms with Crippen LogP contribution in [0.5, 0.6) is 5.75 Å². The van der Waals surface area contributed by atoms with Crippen molar-refractivity contribution in [1.82, 2.24) is 20.2 Å². The Hall–Kier alpha value is -3.40. The van der Waals surface area contributed by atoms with E-state index < -0.39 is 11.9 Å². The summed E-state index contributed by atoms with van der Waals surface area (Å²) in [6, 6.07) is 13.2. The highest BCUT2D eigenvalue weighted by molar-refractivity contribution is 7.99. The summed E-state index contributed by atoms with van der Waals surface area (Å²) in [7, 11) is 1.54. The summed E-state index contributed by atoms with van der Waals surface area (Å²) in [5, 5.41) is 25.5. The van der Waals surface area contributed by atoms with Gasteiger partial charge in [0.15, 0.2) is 0 Å². The van der Waals surface area contributed by atoms with E-state index in [4.69, 9.17) is 4.74 Å². The minimum absolute atomic E-state index is 0.0170. The Morgan fingerprint density at radius 2 is 1.93 bits per heavy atom. The largest absolute Gasteiger partial charge is 0.545 e. The second kappa shape index (κ2) is 8.32. The van der Waals surface area contributed by atoms with E-state index in [1.165, 1.54) is 23.9 Å². The molecule has 1 N–H and O–H groups in total. The first-order valence-electron chi connectivity index (χ1n) is 7.75. The van der Waals surface area contributed by atoms with Gasteiger partial charge in [-0.25, -0.2) is 0 Å². The van der Waals surface area contributed by atoms with E-state index in [1.807, 2.05) is 12.1 Å². The summed E-state index contributed by atoms with van der Waals surface area (Å²) in [5.74, 6) is -1.20. The van der Waals surface area contributed by atoms with E-state index in [1.54, 1.807) is 24.3 Å². The first-order valence-corrected chi connectivity index (χ1v) is 8.73. The minimum Gasteiger partial charge on any atom is -0.545 e. The van der Waals surface area contributed by atoms with Crippen molar-refractivity contribution in [3.8, 4) is 11.4 Å². The number of thioether (sulfide) groups is 1. The first kappa shape index (κ1) is 18.4. The molecule has 0 saturated carbocycles. The van der Waals surface area contributed by atoms with E-state index in [0.29, 0.717) is 16.6 Å². The molecule has 0 unspecified atom stereocenters. The van der Waals surface area contributed by atoms with Gasteiger partial charge in [-0.2, -0.15) is 4.68 Å². The number of para-hydroxylation sites is 3. The van der Waals surface area contributed by atoms with Crippen LogP contribution in [0.2, 0.25) is 0 Å². The summed E-state index contributed by atoms with van der Waals surface area (Å²) in [6.45, 7) is 0. The molecule has 27 heavy (non-hydrogen) atoms. The Kier molecular flexibility index (Phi) is 5.67. The van der Waals surface area contributed by atoms with Crippen molar-refractivity contribution in [3.63, 3.8) is 0 Å². The Labute approximate surface area is 158 Å². The Balaban J connectivity index is 1.71. The Morgan fingerprint density at radius 3 is 2.70 bits per heavy atom. The lowest BCUT2D eigenvalue weighted by Crippen LogP contribution is -2.25. The number of carbonyl (C=O) groups excluding carboxylic acids is 2. The number of carbonyl (C=O) groups is 2. The molecule has 3 rings (SSSR count). The Bertz CT molecular complexity index is 975. The normalized spacial score (nSPS) is 10.4. The van der Waals surface area contributed by atoms with Crippen LogP contribution in [0.15, 0.2) is 53.7 Å². The molecule has 0 bridgehead atoms. The smallest absolute Gasteiger partial charge is 0.234 e. The molecule has 3 aromatic rings. The summed E-state index contributed by atoms with van der Waals surface area (Å²) in [4.78, 5) is 23.3. The number of hydrogen-bond donors (Lipinski definition) is 1. The number of rotatable bonds is 7. The molecular formula is C17H14N5O4S-. The van der Waals surface area contributed by atoms with Gasteiger partial charge in [-0.1, -0.05) is 42.1 Å². The quantitative estimate of drug-likeness (QED) is 0.593. The van der Waals surface area contributed by atoms with Crippen LogP contribution in [0, 0.1) is 0 Å². The van der Waals surface area contributed by atoms with Gasteiger partial charge in [-0.05, 0) is 28.6 Å². The highest BCUT2D eigenvalue weighted by atomic mass is 32.2. The molecule has 9 nitrogen and oxygen atoms in total. The van der Waals surface area contributed by atoms with Gasteiger partial charge in [0.25, 0.3) is 0 Å². The maximum Gasteiger partial charge on any atom is 0.234 e. The highest BCUT2D eigenvalue weighted by Crippen LogP contribution is 2.25. The first-order chi connectivity index (χ1) is 13.1. The molecule has 0 aliphatic rings. The molecule has 0 aliphatic heterocycles. The van der Waals surface area contributed by atoms with E-state index >= 15 is 0 Å². The van der Waals surface area contributed by atoms with Crippen LogP contribution in [-0.2, 0) is 4.79 Å². The highest BCUT2D eigenvalue weighted by Gasteiger charge is 2.15. The number of anilines is 1. The van der Waals surface area contributed by atoms with Crippen LogP contribution < -0.4 is 15.2 Å². The fraction of sp³-hybridized carbons (Fsp3) is 0.118. The van der Waals surface area contributed by atoms with Gasteiger partial charge in [0, 0.05) is 11.3 Å². The van der Waals surface area contributed by atoms with Crippen molar-refractivity contribution in [3.05, 3.63) is 54.1 Å². The SMILES string of the molecule is COc1ccccc1-n1nnnc1SCC(=O)Nc1ccccc1C(=O)[O-]. The van der Waals surface area contributed by atoms with Crippen molar-refractivity contribution in [2.75, 3.05) is 18.2 Å². The number of nitrogens with one attached hydrogen (secondary N) is 1. The molecule has 0 saturated heterocycles. The van der Waals surface area contributed by atoms with Gasteiger partial charge in [-0.3, -0.25) is 4.79 Å². The lowest BCUT2D eigenvalue weighted by molar-refractivity contribution is -0.254. The number of carboxylic acid groups (broad SMARTS) is 1. The third-order valence-corrected chi connectivity index (χ3v) is 4.43. The minimum atomic E-state index is -1.36. The monoisotopic (exact) mass is 384 g/mol. The number of carboxylic acids is 1. The van der Waals surface area contributed by atoms with Crippen LogP contribution in [0.1, 0.15) is 10.4 Å². The van der Waals surface area contributed by atoms with Crippen molar-refractivity contribution in [1.29, 1.82) is 0 Å². The lowest BCUT2D eigenvalue weighted by atomic mass is 10.2. The fourth-order valence-corrected chi connectivity index (χ4v) is 3.00. The number of amides is 1. The van der Waals surface area contributed by atoms with Crippen LogP contribution in [-0.4, -0.2) is 44.9 Å². The number of methoxy groups -OCH3 is 1. The van der Waals surface area contributed by atoms with Crippen LogP contribution in [0.4, 0.5) is 5.69 Å². The molecule has 0 spiro atoms. The molecule has 0 fully saturated rings. The van der Waals surface area contributed by atoms with Crippen molar-refractivity contribution < 1.29 is 19.4 Å². The van der Waals surface area contributed by atoms with Gasteiger partial charge < -0.3 is 20.0 Å². The molecular weight excluding hydrogens is 370 g/mol. The molecule has 0 aliphatic carbocycles. The van der Waals surface area contributed by atoms with Crippen LogP contribution in [0.25, 0.3) is 5.69 Å². The van der Waals surface area contributed by atoms with Crippen molar-refractivity contribution in [2.45, 2.75) is 5.16 Å². The van der Waals surface area contributed by atoms with Gasteiger partial charge in [0.05, 0.1) is 18.8 Å². The summed E-state index contributed by atoms with van der Waals surface area (Å²) in [6.07, 6.45) is 0. The Morgan fingerprint density at radius 1 is 1.19 bits per heavy atom. The average molecular weight is 384 g/mol. The lowest BCUT2D eigenvalue weighted by Gasteiger charge is -2.11. The zero-order valence-corrected chi connectivity index (χ0v) is 15.0. The van der Waals surface area contributed by atoms with E-state index in [-0.39, 0.29) is 17.0 Å². The number of aromatic nitrogens is 4. The summed E-state index contributed by atoms with van der Waals surface area (Å²) in [5.41, 5.74) is 0.720. The summed E-state index contributed by atoms with van der Waals surface area (Å²) < 4.78 is 6.76. The van der Waals surface area contributed by atoms with Crippen LogP contribution in [0.3, 0.4) is 0 Å². The topological polar surface area (TPSA) is 122 Å². The second-order valence-electron chi connectivity index (χ2n) is 5.22. The molecule has 2 aromatic carbocycles. The van der Waals surface area contributed by atoms with Gasteiger partial charge in [-0.15, -0.1) is 5.10 Å². The third kappa shape index (κ3) is 4.23. The number of aromatic carboxylic acids is 1. The maximum atomic E-state index is 12.2.